The van der Waals surface area contributed by atoms with E-state index in [4.69, 9.17) is 9.47 Å². The molecule has 0 aliphatic carbocycles. The largest absolute Gasteiger partial charge is 0.497 e. The van der Waals surface area contributed by atoms with Gasteiger partial charge in [0, 0.05) is 32.1 Å². The summed E-state index contributed by atoms with van der Waals surface area (Å²) in [6.45, 7) is 3.10. The standard InChI is InChI=1S/C20H27N7O2S/c1-13(28-4)19-23-15(12-30-19)11-27(3)20(21-2)22-10-17-24-18(26-25-17)14-6-8-16(29-5)9-7-14/h6-9,12-13H,10-11H2,1-5H3,(H,21,22)(H,24,25,26). The Morgan fingerprint density at radius 1 is 1.27 bits per heavy atom. The van der Waals surface area contributed by atoms with Crippen molar-refractivity contribution in [3.63, 3.8) is 0 Å². The van der Waals surface area contributed by atoms with Crippen LogP contribution in [0.25, 0.3) is 11.4 Å². The first kappa shape index (κ1) is 21.7. The summed E-state index contributed by atoms with van der Waals surface area (Å²) in [5.41, 5.74) is 1.90. The zero-order chi connectivity index (χ0) is 21.5. The molecule has 0 bridgehead atoms. The van der Waals surface area contributed by atoms with Crippen LogP contribution in [0.5, 0.6) is 5.75 Å². The van der Waals surface area contributed by atoms with Crippen LogP contribution in [-0.2, 0) is 17.8 Å². The number of hydrogen-bond acceptors (Lipinski definition) is 7. The van der Waals surface area contributed by atoms with Crippen molar-refractivity contribution < 1.29 is 9.47 Å². The fourth-order valence-corrected chi connectivity index (χ4v) is 3.63. The van der Waals surface area contributed by atoms with E-state index in [1.165, 1.54) is 0 Å². The molecule has 2 heterocycles. The molecule has 30 heavy (non-hydrogen) atoms. The molecule has 160 valence electrons. The van der Waals surface area contributed by atoms with Crippen LogP contribution in [0.2, 0.25) is 0 Å². The number of aliphatic imine (C=N–C) groups is 1. The summed E-state index contributed by atoms with van der Waals surface area (Å²) in [6, 6.07) is 7.63. The SMILES string of the molecule is CN=C(NCc1nc(-c2ccc(OC)cc2)n[nH]1)N(C)Cc1csc(C(C)OC)n1. The molecule has 0 amide bonds. The first-order valence-electron chi connectivity index (χ1n) is 9.48. The van der Waals surface area contributed by atoms with Crippen molar-refractivity contribution in [1.29, 1.82) is 0 Å². The van der Waals surface area contributed by atoms with Crippen molar-refractivity contribution in [2.45, 2.75) is 26.1 Å². The van der Waals surface area contributed by atoms with Gasteiger partial charge in [-0.15, -0.1) is 11.3 Å². The molecule has 1 atom stereocenters. The summed E-state index contributed by atoms with van der Waals surface area (Å²) in [5, 5.41) is 13.6. The van der Waals surface area contributed by atoms with E-state index in [1.54, 1.807) is 32.6 Å². The maximum absolute atomic E-state index is 5.33. The lowest BCUT2D eigenvalue weighted by molar-refractivity contribution is 0.119. The van der Waals surface area contributed by atoms with Gasteiger partial charge in [0.25, 0.3) is 0 Å². The second-order valence-corrected chi connectivity index (χ2v) is 7.54. The maximum Gasteiger partial charge on any atom is 0.194 e. The molecule has 0 fully saturated rings. The molecular weight excluding hydrogens is 402 g/mol. The van der Waals surface area contributed by atoms with Crippen molar-refractivity contribution in [3.05, 3.63) is 46.2 Å². The molecule has 1 unspecified atom stereocenters. The minimum Gasteiger partial charge on any atom is -0.497 e. The molecule has 9 nitrogen and oxygen atoms in total. The lowest BCUT2D eigenvalue weighted by atomic mass is 10.2. The quantitative estimate of drug-likeness (QED) is 0.419. The summed E-state index contributed by atoms with van der Waals surface area (Å²) in [5.74, 6) is 2.90. The van der Waals surface area contributed by atoms with Crippen molar-refractivity contribution in [2.24, 2.45) is 4.99 Å². The number of ether oxygens (including phenoxy) is 2. The van der Waals surface area contributed by atoms with Crippen LogP contribution in [0.1, 0.15) is 29.6 Å². The second-order valence-electron chi connectivity index (χ2n) is 6.65. The molecule has 1 aromatic carbocycles. The average Bonchev–Trinajstić information content (AvgIpc) is 3.43. The number of thiazole rings is 1. The molecule has 2 aromatic heterocycles. The Kier molecular flexibility index (Phi) is 7.36. The number of nitrogens with zero attached hydrogens (tertiary/aromatic N) is 5. The Labute approximate surface area is 180 Å². The Bertz CT molecular complexity index is 968. The van der Waals surface area contributed by atoms with Crippen LogP contribution < -0.4 is 10.1 Å². The molecule has 0 aliphatic rings. The van der Waals surface area contributed by atoms with E-state index in [0.717, 1.165) is 33.8 Å². The van der Waals surface area contributed by atoms with E-state index >= 15 is 0 Å². The zero-order valence-corrected chi connectivity index (χ0v) is 18.7. The van der Waals surface area contributed by atoms with Crippen molar-refractivity contribution >= 4 is 17.3 Å². The summed E-state index contributed by atoms with van der Waals surface area (Å²) >= 11 is 1.60. The topological polar surface area (TPSA) is 101 Å². The number of methoxy groups -OCH3 is 2. The van der Waals surface area contributed by atoms with Gasteiger partial charge in [-0.1, -0.05) is 0 Å². The Morgan fingerprint density at radius 3 is 2.70 bits per heavy atom. The van der Waals surface area contributed by atoms with Crippen LogP contribution in [0.15, 0.2) is 34.6 Å². The summed E-state index contributed by atoms with van der Waals surface area (Å²) in [7, 11) is 7.05. The highest BCUT2D eigenvalue weighted by Gasteiger charge is 2.13. The van der Waals surface area contributed by atoms with Crippen molar-refractivity contribution in [1.82, 2.24) is 30.4 Å². The molecule has 0 aliphatic heterocycles. The van der Waals surface area contributed by atoms with Gasteiger partial charge in [-0.05, 0) is 31.2 Å². The van der Waals surface area contributed by atoms with Gasteiger partial charge >= 0.3 is 0 Å². The lowest BCUT2D eigenvalue weighted by Crippen LogP contribution is -2.38. The smallest absolute Gasteiger partial charge is 0.194 e. The van der Waals surface area contributed by atoms with Gasteiger partial charge in [0.1, 0.15) is 22.7 Å². The Morgan fingerprint density at radius 2 is 2.03 bits per heavy atom. The molecule has 0 spiro atoms. The zero-order valence-electron chi connectivity index (χ0n) is 17.8. The number of H-pyrrole nitrogens is 1. The van der Waals surface area contributed by atoms with Gasteiger partial charge in [-0.3, -0.25) is 10.1 Å². The number of rotatable bonds is 8. The normalized spacial score (nSPS) is 12.6. The van der Waals surface area contributed by atoms with Gasteiger partial charge in [-0.2, -0.15) is 5.10 Å². The van der Waals surface area contributed by atoms with E-state index in [2.05, 4.69) is 30.5 Å². The molecule has 10 heteroatoms. The predicted molar refractivity (Wildman–Crippen MR) is 118 cm³/mol. The first-order valence-corrected chi connectivity index (χ1v) is 10.4. The predicted octanol–water partition coefficient (Wildman–Crippen LogP) is 2.85. The third kappa shape index (κ3) is 5.33. The summed E-state index contributed by atoms with van der Waals surface area (Å²) in [4.78, 5) is 15.5. The highest BCUT2D eigenvalue weighted by molar-refractivity contribution is 7.09. The molecular formula is C20H27N7O2S. The second kappa shape index (κ2) is 10.2. The maximum atomic E-state index is 5.33. The van der Waals surface area contributed by atoms with Crippen molar-refractivity contribution in [2.75, 3.05) is 28.3 Å². The van der Waals surface area contributed by atoms with Gasteiger partial charge in [0.2, 0.25) is 0 Å². The number of hydrogen-bond donors (Lipinski definition) is 2. The average molecular weight is 430 g/mol. The minimum atomic E-state index is -0.00200. The van der Waals surface area contributed by atoms with E-state index in [1.807, 2.05) is 48.5 Å². The van der Waals surface area contributed by atoms with E-state index in [0.29, 0.717) is 18.9 Å². The number of aromatic nitrogens is 4. The van der Waals surface area contributed by atoms with Crippen LogP contribution in [0.4, 0.5) is 0 Å². The van der Waals surface area contributed by atoms with E-state index in [-0.39, 0.29) is 6.10 Å². The molecule has 3 aromatic rings. The van der Waals surface area contributed by atoms with Gasteiger partial charge in [0.05, 0.1) is 25.9 Å². The highest BCUT2D eigenvalue weighted by Crippen LogP contribution is 2.21. The third-order valence-corrected chi connectivity index (χ3v) is 5.59. The van der Waals surface area contributed by atoms with Gasteiger partial charge in [0.15, 0.2) is 11.8 Å². The number of guanidine groups is 1. The fourth-order valence-electron chi connectivity index (χ4n) is 2.79. The fraction of sp³-hybridized carbons (Fsp3) is 0.400. The molecule has 3 rings (SSSR count). The molecule has 0 radical (unpaired) electrons. The van der Waals surface area contributed by atoms with Crippen LogP contribution in [0.3, 0.4) is 0 Å². The van der Waals surface area contributed by atoms with Crippen LogP contribution >= 0.6 is 11.3 Å². The third-order valence-electron chi connectivity index (χ3n) is 4.54. The lowest BCUT2D eigenvalue weighted by Gasteiger charge is -2.20. The summed E-state index contributed by atoms with van der Waals surface area (Å²) in [6.07, 6.45) is -0.00200. The molecule has 0 saturated carbocycles. The summed E-state index contributed by atoms with van der Waals surface area (Å²) < 4.78 is 10.5. The van der Waals surface area contributed by atoms with Crippen molar-refractivity contribution in [3.8, 4) is 17.1 Å². The van der Waals surface area contributed by atoms with Crippen LogP contribution in [-0.4, -0.2) is 59.3 Å². The van der Waals surface area contributed by atoms with Gasteiger partial charge in [-0.25, -0.2) is 9.97 Å². The molecule has 2 N–H and O–H groups in total. The monoisotopic (exact) mass is 429 g/mol. The molecule has 0 saturated heterocycles. The number of benzene rings is 1. The van der Waals surface area contributed by atoms with E-state index < -0.39 is 0 Å². The first-order chi connectivity index (χ1) is 14.5. The highest BCUT2D eigenvalue weighted by atomic mass is 32.1. The Hall–Kier alpha value is -2.98. The number of nitrogens with one attached hydrogen (secondary N) is 2. The number of aromatic amines is 1. The van der Waals surface area contributed by atoms with E-state index in [9.17, 15) is 0 Å². The van der Waals surface area contributed by atoms with Gasteiger partial charge < -0.3 is 19.7 Å². The van der Waals surface area contributed by atoms with Crippen LogP contribution in [0, 0.1) is 0 Å². The Balaban J connectivity index is 1.57. The minimum absolute atomic E-state index is 0.00200.